The van der Waals surface area contributed by atoms with Gasteiger partial charge in [0.15, 0.2) is 0 Å². The summed E-state index contributed by atoms with van der Waals surface area (Å²) in [6, 6.07) is 10.6. The Labute approximate surface area is 135 Å². The molecule has 2 rings (SSSR count). The van der Waals surface area contributed by atoms with Gasteiger partial charge in [-0.25, -0.2) is 4.39 Å². The Morgan fingerprint density at radius 2 is 2.00 bits per heavy atom. The Balaban J connectivity index is 1.77. The van der Waals surface area contributed by atoms with E-state index >= 15 is 0 Å². The molecule has 0 fully saturated rings. The van der Waals surface area contributed by atoms with Crippen molar-refractivity contribution in [2.45, 2.75) is 38.3 Å². The number of rotatable bonds is 7. The maximum atomic E-state index is 13.0. The molecule has 0 bridgehead atoms. The average Bonchev–Trinajstić information content (AvgIpc) is 2.54. The van der Waals surface area contributed by atoms with Crippen molar-refractivity contribution in [3.8, 4) is 0 Å². The Morgan fingerprint density at radius 3 is 2.70 bits per heavy atom. The monoisotopic (exact) mass is 316 g/mol. The quantitative estimate of drug-likeness (QED) is 0.823. The van der Waals surface area contributed by atoms with Gasteiger partial charge in [-0.1, -0.05) is 30.3 Å². The SMILES string of the molecule is CC(NC(=O)CCc1cncc(F)c1)C(O)Cc1ccccc1. The number of carbonyl (C=O) groups is 1. The standard InChI is InChI=1S/C18H21FN2O2/c1-13(17(22)10-14-5-3-2-4-6-14)21-18(23)8-7-15-9-16(19)12-20-11-15/h2-6,9,11-13,17,22H,7-8,10H2,1H3,(H,21,23). The van der Waals surface area contributed by atoms with Crippen LogP contribution in [0, 0.1) is 5.82 Å². The summed E-state index contributed by atoms with van der Waals surface area (Å²) in [5.74, 6) is -0.580. The molecule has 0 aliphatic rings. The van der Waals surface area contributed by atoms with Crippen molar-refractivity contribution in [2.24, 2.45) is 0 Å². The molecule has 2 aromatic rings. The molecule has 122 valence electrons. The summed E-state index contributed by atoms with van der Waals surface area (Å²) in [7, 11) is 0. The van der Waals surface area contributed by atoms with E-state index < -0.39 is 11.9 Å². The summed E-state index contributed by atoms with van der Waals surface area (Å²) >= 11 is 0. The Bertz CT molecular complexity index is 634. The molecule has 1 aromatic heterocycles. The predicted octanol–water partition coefficient (Wildman–Crippen LogP) is 2.26. The van der Waals surface area contributed by atoms with Crippen molar-refractivity contribution in [2.75, 3.05) is 0 Å². The molecule has 2 unspecified atom stereocenters. The number of halogens is 1. The zero-order valence-electron chi connectivity index (χ0n) is 13.1. The summed E-state index contributed by atoms with van der Waals surface area (Å²) in [6.45, 7) is 1.77. The molecule has 5 heteroatoms. The number of nitrogens with one attached hydrogen (secondary N) is 1. The lowest BCUT2D eigenvalue weighted by atomic mass is 10.0. The molecule has 1 aromatic carbocycles. The number of aliphatic hydroxyl groups excluding tert-OH is 1. The molecule has 1 heterocycles. The van der Waals surface area contributed by atoms with E-state index in [-0.39, 0.29) is 18.4 Å². The van der Waals surface area contributed by atoms with Crippen LogP contribution < -0.4 is 5.32 Å². The van der Waals surface area contributed by atoms with Crippen LogP contribution in [-0.2, 0) is 17.6 Å². The fraction of sp³-hybridized carbons (Fsp3) is 0.333. The first-order valence-corrected chi connectivity index (χ1v) is 7.65. The van der Waals surface area contributed by atoms with E-state index in [1.807, 2.05) is 30.3 Å². The third kappa shape index (κ3) is 5.79. The molecule has 0 aliphatic carbocycles. The van der Waals surface area contributed by atoms with E-state index in [4.69, 9.17) is 0 Å². The van der Waals surface area contributed by atoms with Crippen LogP contribution in [0.1, 0.15) is 24.5 Å². The van der Waals surface area contributed by atoms with E-state index in [1.165, 1.54) is 6.07 Å². The number of hydrogen-bond acceptors (Lipinski definition) is 3. The number of nitrogens with zero attached hydrogens (tertiary/aromatic N) is 1. The lowest BCUT2D eigenvalue weighted by molar-refractivity contribution is -0.122. The summed E-state index contributed by atoms with van der Waals surface area (Å²) in [5.41, 5.74) is 1.70. The maximum Gasteiger partial charge on any atom is 0.220 e. The molecule has 2 N–H and O–H groups in total. The number of amides is 1. The van der Waals surface area contributed by atoms with Crippen molar-refractivity contribution < 1.29 is 14.3 Å². The minimum atomic E-state index is -0.655. The molecule has 0 aliphatic heterocycles. The van der Waals surface area contributed by atoms with Crippen molar-refractivity contribution in [3.63, 3.8) is 0 Å². The molecule has 4 nitrogen and oxygen atoms in total. The van der Waals surface area contributed by atoms with Crippen LogP contribution in [-0.4, -0.2) is 28.1 Å². The highest BCUT2D eigenvalue weighted by atomic mass is 19.1. The van der Waals surface area contributed by atoms with Crippen LogP contribution in [0.2, 0.25) is 0 Å². The number of aromatic nitrogens is 1. The lowest BCUT2D eigenvalue weighted by Gasteiger charge is -2.20. The van der Waals surface area contributed by atoms with Gasteiger partial charge in [0, 0.05) is 19.0 Å². The van der Waals surface area contributed by atoms with Crippen LogP contribution in [0.25, 0.3) is 0 Å². The summed E-state index contributed by atoms with van der Waals surface area (Å²) in [5, 5.41) is 12.9. The Hall–Kier alpha value is -2.27. The first-order chi connectivity index (χ1) is 11.0. The van der Waals surface area contributed by atoms with E-state index in [1.54, 1.807) is 13.1 Å². The van der Waals surface area contributed by atoms with Crippen molar-refractivity contribution in [1.29, 1.82) is 0 Å². The fourth-order valence-electron chi connectivity index (χ4n) is 2.31. The van der Waals surface area contributed by atoms with Crippen LogP contribution in [0.3, 0.4) is 0 Å². The van der Waals surface area contributed by atoms with Crippen LogP contribution in [0.4, 0.5) is 4.39 Å². The smallest absolute Gasteiger partial charge is 0.220 e. The third-order valence-electron chi connectivity index (χ3n) is 3.66. The van der Waals surface area contributed by atoms with Crippen molar-refractivity contribution >= 4 is 5.91 Å². The second-order valence-electron chi connectivity index (χ2n) is 5.62. The molecule has 0 radical (unpaired) electrons. The normalized spacial score (nSPS) is 13.3. The maximum absolute atomic E-state index is 13.0. The predicted molar refractivity (Wildman–Crippen MR) is 86.3 cm³/mol. The Morgan fingerprint density at radius 1 is 1.26 bits per heavy atom. The van der Waals surface area contributed by atoms with E-state index in [9.17, 15) is 14.3 Å². The highest BCUT2D eigenvalue weighted by Crippen LogP contribution is 2.07. The summed E-state index contributed by atoms with van der Waals surface area (Å²) < 4.78 is 13.0. The minimum Gasteiger partial charge on any atom is -0.391 e. The number of carbonyl (C=O) groups excluding carboxylic acids is 1. The molecular weight excluding hydrogens is 295 g/mol. The van der Waals surface area contributed by atoms with Gasteiger partial charge in [0.25, 0.3) is 0 Å². The van der Waals surface area contributed by atoms with Gasteiger partial charge in [-0.3, -0.25) is 9.78 Å². The second-order valence-corrected chi connectivity index (χ2v) is 5.62. The second kappa shape index (κ2) is 8.39. The van der Waals surface area contributed by atoms with Gasteiger partial charge in [0.2, 0.25) is 5.91 Å². The van der Waals surface area contributed by atoms with Gasteiger partial charge in [-0.2, -0.15) is 0 Å². The average molecular weight is 316 g/mol. The Kier molecular flexibility index (Phi) is 6.23. The van der Waals surface area contributed by atoms with Crippen LogP contribution in [0.5, 0.6) is 0 Å². The van der Waals surface area contributed by atoms with Gasteiger partial charge in [-0.15, -0.1) is 0 Å². The molecule has 1 amide bonds. The number of aryl methyl sites for hydroxylation is 1. The molecule has 0 spiro atoms. The summed E-state index contributed by atoms with van der Waals surface area (Å²) in [6.07, 6.45) is 3.15. The van der Waals surface area contributed by atoms with Crippen molar-refractivity contribution in [3.05, 3.63) is 65.7 Å². The summed E-state index contributed by atoms with van der Waals surface area (Å²) in [4.78, 5) is 15.7. The number of aliphatic hydroxyl groups is 1. The van der Waals surface area contributed by atoms with Crippen LogP contribution >= 0.6 is 0 Å². The zero-order valence-corrected chi connectivity index (χ0v) is 13.1. The molecule has 0 saturated heterocycles. The van der Waals surface area contributed by atoms with Crippen molar-refractivity contribution in [1.82, 2.24) is 10.3 Å². The topological polar surface area (TPSA) is 62.2 Å². The van der Waals surface area contributed by atoms with Crippen LogP contribution in [0.15, 0.2) is 48.8 Å². The van der Waals surface area contributed by atoms with Gasteiger partial charge in [0.1, 0.15) is 5.82 Å². The first-order valence-electron chi connectivity index (χ1n) is 7.65. The first kappa shape index (κ1) is 17.1. The molecule has 0 saturated carbocycles. The molecular formula is C18H21FN2O2. The zero-order chi connectivity index (χ0) is 16.7. The molecule has 23 heavy (non-hydrogen) atoms. The van der Waals surface area contributed by atoms with Gasteiger partial charge >= 0.3 is 0 Å². The number of hydrogen-bond donors (Lipinski definition) is 2. The van der Waals surface area contributed by atoms with Gasteiger partial charge in [0.05, 0.1) is 18.3 Å². The van der Waals surface area contributed by atoms with E-state index in [0.717, 1.165) is 11.8 Å². The van der Waals surface area contributed by atoms with Gasteiger partial charge < -0.3 is 10.4 Å². The molecule has 2 atom stereocenters. The number of benzene rings is 1. The largest absolute Gasteiger partial charge is 0.391 e. The number of pyridine rings is 1. The fourth-order valence-corrected chi connectivity index (χ4v) is 2.31. The van der Waals surface area contributed by atoms with E-state index in [2.05, 4.69) is 10.3 Å². The minimum absolute atomic E-state index is 0.172. The van der Waals surface area contributed by atoms with E-state index in [0.29, 0.717) is 18.4 Å². The lowest BCUT2D eigenvalue weighted by Crippen LogP contribution is -2.42. The highest BCUT2D eigenvalue weighted by molar-refractivity contribution is 5.76. The third-order valence-corrected chi connectivity index (χ3v) is 3.66. The van der Waals surface area contributed by atoms with Gasteiger partial charge in [-0.05, 0) is 30.5 Å². The highest BCUT2D eigenvalue weighted by Gasteiger charge is 2.17.